The van der Waals surface area contributed by atoms with Gasteiger partial charge in [0.1, 0.15) is 17.4 Å². The molecule has 14 heteroatoms. The second-order valence-corrected chi connectivity index (χ2v) is 17.2. The van der Waals surface area contributed by atoms with Crippen LogP contribution in [-0.4, -0.2) is 101 Å². The number of benzene rings is 2. The van der Waals surface area contributed by atoms with Crippen LogP contribution < -0.4 is 14.4 Å². The van der Waals surface area contributed by atoms with Gasteiger partial charge in [-0.25, -0.2) is 4.39 Å². The molecule has 298 valence electrons. The number of piperidine rings is 2. The first-order valence-electron chi connectivity index (χ1n) is 20.1. The number of carbonyl (C=O) groups excluding carboxylic acids is 1. The van der Waals surface area contributed by atoms with Crippen molar-refractivity contribution in [1.82, 2.24) is 30.0 Å². The molecule has 0 unspecified atom stereocenters. The summed E-state index contributed by atoms with van der Waals surface area (Å²) in [7, 11) is 0. The van der Waals surface area contributed by atoms with E-state index in [1.54, 1.807) is 6.20 Å². The lowest BCUT2D eigenvalue weighted by molar-refractivity contribution is -0.153. The number of aromatic nitrogens is 4. The number of nitrogens with zero attached hydrogens (tertiary/aromatic N) is 6. The summed E-state index contributed by atoms with van der Waals surface area (Å²) in [6.45, 7) is 11.2. The monoisotopic (exact) mass is 775 g/mol. The number of hydrogen-bond donors (Lipinski definition) is 1. The molecule has 0 atom stereocenters. The summed E-state index contributed by atoms with van der Waals surface area (Å²) in [5, 5.41) is 8.73. The van der Waals surface area contributed by atoms with Crippen LogP contribution in [0.4, 0.5) is 23.4 Å². The summed E-state index contributed by atoms with van der Waals surface area (Å²) >= 11 is 0. The van der Waals surface area contributed by atoms with Gasteiger partial charge in [0.25, 0.3) is 5.91 Å². The van der Waals surface area contributed by atoms with Gasteiger partial charge >= 0.3 is 12.2 Å². The summed E-state index contributed by atoms with van der Waals surface area (Å²) in [5.41, 5.74) is 4.34. The number of carbonyl (C=O) groups is 1. The van der Waals surface area contributed by atoms with Crippen LogP contribution in [0.5, 0.6) is 11.8 Å². The van der Waals surface area contributed by atoms with Crippen molar-refractivity contribution in [1.29, 1.82) is 0 Å². The third-order valence-corrected chi connectivity index (χ3v) is 13.2. The van der Waals surface area contributed by atoms with Crippen molar-refractivity contribution in [3.8, 4) is 22.9 Å². The Balaban J connectivity index is 1.13. The van der Waals surface area contributed by atoms with E-state index in [2.05, 4.69) is 39.6 Å². The van der Waals surface area contributed by atoms with Gasteiger partial charge in [0, 0.05) is 47.9 Å². The zero-order valence-electron chi connectivity index (χ0n) is 32.1. The Kier molecular flexibility index (Phi) is 9.20. The fourth-order valence-electron chi connectivity index (χ4n) is 9.94. The van der Waals surface area contributed by atoms with Crippen molar-refractivity contribution < 1.29 is 31.8 Å². The number of aryl methyl sites for hydroxylation is 1. The van der Waals surface area contributed by atoms with Crippen LogP contribution in [0.15, 0.2) is 36.8 Å². The van der Waals surface area contributed by atoms with Crippen LogP contribution in [0.25, 0.3) is 32.9 Å². The molecule has 2 aromatic carbocycles. The van der Waals surface area contributed by atoms with Crippen LogP contribution in [0, 0.1) is 17.8 Å². The quantitative estimate of drug-likeness (QED) is 0.127. The average Bonchev–Trinajstić information content (AvgIpc) is 3.88. The predicted molar refractivity (Wildman–Crippen MR) is 206 cm³/mol. The molecular formula is C42H49F4N7O3. The number of anilines is 1. The number of halogens is 4. The van der Waals surface area contributed by atoms with Gasteiger partial charge < -0.3 is 24.2 Å². The van der Waals surface area contributed by atoms with E-state index in [1.165, 1.54) is 4.90 Å². The fourth-order valence-corrected chi connectivity index (χ4v) is 9.94. The third-order valence-electron chi connectivity index (χ3n) is 13.2. The molecule has 10 nitrogen and oxygen atoms in total. The highest BCUT2D eigenvalue weighted by atomic mass is 19.4. The highest BCUT2D eigenvalue weighted by Gasteiger charge is 2.49. The van der Waals surface area contributed by atoms with Crippen LogP contribution in [0.1, 0.15) is 81.8 Å². The Morgan fingerprint density at radius 2 is 1.71 bits per heavy atom. The van der Waals surface area contributed by atoms with E-state index in [0.29, 0.717) is 42.9 Å². The van der Waals surface area contributed by atoms with Gasteiger partial charge in [-0.1, -0.05) is 19.6 Å². The number of rotatable bonds is 10. The second kappa shape index (κ2) is 13.9. The molecular weight excluding hydrogens is 726 g/mol. The highest BCUT2D eigenvalue weighted by Crippen LogP contribution is 2.54. The second-order valence-electron chi connectivity index (χ2n) is 17.2. The van der Waals surface area contributed by atoms with Crippen molar-refractivity contribution in [2.24, 2.45) is 10.8 Å². The van der Waals surface area contributed by atoms with Gasteiger partial charge in [-0.2, -0.15) is 28.2 Å². The smallest absolute Gasteiger partial charge is 0.422 e. The van der Waals surface area contributed by atoms with E-state index in [9.17, 15) is 22.4 Å². The lowest BCUT2D eigenvalue weighted by Crippen LogP contribution is -2.62. The van der Waals surface area contributed by atoms with Crippen molar-refractivity contribution in [3.05, 3.63) is 47.9 Å². The number of likely N-dealkylation sites (tertiary alicyclic amines) is 2. The molecule has 3 saturated heterocycles. The Morgan fingerprint density at radius 1 is 1.00 bits per heavy atom. The SMILES string of the molecule is C=C(F)C(=O)N1CC2(CCN(c3nc(OC4CC5(CCN(CCC)CC5)C4)nc4c(OCC(F)(F)F)c(-c5c(C)ccc6[nH]ncc56)c(C5CC5)cc34)CC2)C1. The molecule has 5 heterocycles. The van der Waals surface area contributed by atoms with Gasteiger partial charge in [-0.3, -0.25) is 9.89 Å². The first-order valence-corrected chi connectivity index (χ1v) is 20.1. The summed E-state index contributed by atoms with van der Waals surface area (Å²) in [5.74, 6) is -0.799. The minimum atomic E-state index is -4.59. The number of nitrogens with one attached hydrogen (secondary N) is 1. The Bertz CT molecular complexity index is 2170. The summed E-state index contributed by atoms with van der Waals surface area (Å²) < 4.78 is 68.5. The molecule has 2 aliphatic carbocycles. The normalized spacial score (nSPS) is 21.1. The number of aromatic amines is 1. The minimum absolute atomic E-state index is 0.0773. The fraction of sp³-hybridized carbons (Fsp3) is 0.571. The van der Waals surface area contributed by atoms with Gasteiger partial charge in [0.05, 0.1) is 11.7 Å². The first kappa shape index (κ1) is 37.1. The standard InChI is InChI=1S/C42H49F4N7O3/c1-4-13-51-14-9-40(10-15-51)19-28(20-40)56-39-48-35-30(37(49-39)52-16-11-41(12-17-52)22-53(23-41)38(54)26(3)43)18-29(27-6-7-27)34(36(35)55-24-42(44,45)46)33-25(2)5-8-32-31(33)21-47-50-32/h5,8,18,21,27-28H,3-4,6-7,9-17,19-20,22-24H2,1-2H3,(H,47,50). The number of fused-ring (bicyclic) bond motifs is 2. The Labute approximate surface area is 323 Å². The summed E-state index contributed by atoms with van der Waals surface area (Å²) in [4.78, 5) is 28.5. The van der Waals surface area contributed by atoms with Crippen molar-refractivity contribution in [3.63, 3.8) is 0 Å². The maximum atomic E-state index is 14.1. The molecule has 4 aromatic rings. The molecule has 2 spiro atoms. The van der Waals surface area contributed by atoms with Crippen LogP contribution in [0.2, 0.25) is 0 Å². The molecule has 56 heavy (non-hydrogen) atoms. The molecule has 0 radical (unpaired) electrons. The lowest BCUT2D eigenvalue weighted by Gasteiger charge is -2.54. The van der Waals surface area contributed by atoms with Gasteiger partial charge in [-0.05, 0) is 125 Å². The largest absolute Gasteiger partial charge is 0.481 e. The third kappa shape index (κ3) is 6.85. The highest BCUT2D eigenvalue weighted by molar-refractivity contribution is 6.06. The lowest BCUT2D eigenvalue weighted by atomic mass is 9.61. The van der Waals surface area contributed by atoms with E-state index in [4.69, 9.17) is 19.4 Å². The zero-order valence-corrected chi connectivity index (χ0v) is 32.1. The van der Waals surface area contributed by atoms with Gasteiger partial charge in [0.2, 0.25) is 0 Å². The topological polar surface area (TPSA) is 99.7 Å². The Morgan fingerprint density at radius 3 is 2.38 bits per heavy atom. The number of alkyl halides is 3. The average molecular weight is 776 g/mol. The molecule has 2 aromatic heterocycles. The van der Waals surface area contributed by atoms with Crippen molar-refractivity contribution in [2.45, 2.75) is 89.8 Å². The number of H-pyrrole nitrogens is 1. The Hall–Kier alpha value is -4.46. The van der Waals surface area contributed by atoms with E-state index in [1.807, 2.05) is 19.1 Å². The predicted octanol–water partition coefficient (Wildman–Crippen LogP) is 8.25. The maximum absolute atomic E-state index is 14.1. The van der Waals surface area contributed by atoms with Crippen molar-refractivity contribution in [2.75, 3.05) is 57.3 Å². The summed E-state index contributed by atoms with van der Waals surface area (Å²) in [6.07, 6.45) is 5.48. The zero-order chi connectivity index (χ0) is 39.0. The van der Waals surface area contributed by atoms with Gasteiger partial charge in [-0.15, -0.1) is 0 Å². The molecule has 2 saturated carbocycles. The minimum Gasteiger partial charge on any atom is -0.481 e. The molecule has 9 rings (SSSR count). The first-order chi connectivity index (χ1) is 26.8. The van der Waals surface area contributed by atoms with E-state index >= 15 is 0 Å². The van der Waals surface area contributed by atoms with E-state index < -0.39 is 24.5 Å². The van der Waals surface area contributed by atoms with E-state index in [0.717, 1.165) is 105 Å². The van der Waals surface area contributed by atoms with E-state index in [-0.39, 0.29) is 40.1 Å². The summed E-state index contributed by atoms with van der Waals surface area (Å²) in [6, 6.07) is 6.09. The molecule has 1 N–H and O–H groups in total. The molecule has 5 fully saturated rings. The molecule has 3 aliphatic heterocycles. The van der Waals surface area contributed by atoms with Crippen LogP contribution in [-0.2, 0) is 4.79 Å². The van der Waals surface area contributed by atoms with Gasteiger partial charge in [0.15, 0.2) is 18.2 Å². The number of ether oxygens (including phenoxy) is 2. The maximum Gasteiger partial charge on any atom is 0.422 e. The molecule has 1 amide bonds. The molecule has 0 bridgehead atoms. The number of amides is 1. The van der Waals surface area contributed by atoms with Crippen molar-refractivity contribution >= 4 is 33.5 Å². The van der Waals surface area contributed by atoms with Crippen LogP contribution in [0.3, 0.4) is 0 Å². The number of hydrogen-bond acceptors (Lipinski definition) is 8. The molecule has 5 aliphatic rings. The van der Waals surface area contributed by atoms with Crippen LogP contribution >= 0.6 is 0 Å².